The van der Waals surface area contributed by atoms with Gasteiger partial charge in [-0.2, -0.15) is 0 Å². The van der Waals surface area contributed by atoms with Crippen molar-refractivity contribution < 1.29 is 19.1 Å². The van der Waals surface area contributed by atoms with E-state index in [0.717, 1.165) is 24.2 Å². The molecule has 1 aliphatic heterocycles. The van der Waals surface area contributed by atoms with Crippen molar-refractivity contribution in [2.24, 2.45) is 0 Å². The van der Waals surface area contributed by atoms with E-state index in [-0.39, 0.29) is 11.5 Å². The van der Waals surface area contributed by atoms with Gasteiger partial charge in [0.25, 0.3) is 11.8 Å². The monoisotopic (exact) mass is 407 g/mol. The molecule has 0 spiro atoms. The van der Waals surface area contributed by atoms with E-state index in [1.165, 1.54) is 44.2 Å². The molecule has 0 saturated heterocycles. The third kappa shape index (κ3) is 5.15. The number of rotatable bonds is 11. The maximum atomic E-state index is 12.8. The molecule has 5 nitrogen and oxygen atoms in total. The number of carbonyl (C=O) groups excluding carboxylic acids is 3. The van der Waals surface area contributed by atoms with Gasteiger partial charge in [0.05, 0.1) is 29.0 Å². The minimum Gasteiger partial charge on any atom is -0.462 e. The van der Waals surface area contributed by atoms with Gasteiger partial charge in [0.15, 0.2) is 0 Å². The van der Waals surface area contributed by atoms with Crippen molar-refractivity contribution in [1.82, 2.24) is 0 Å². The van der Waals surface area contributed by atoms with Crippen molar-refractivity contribution in [3.63, 3.8) is 0 Å². The number of anilines is 1. The molecular weight excluding hydrogens is 378 g/mol. The second-order valence-corrected chi connectivity index (χ2v) is 7.65. The number of carbonyl (C=O) groups is 3. The van der Waals surface area contributed by atoms with Gasteiger partial charge in [0, 0.05) is 0 Å². The van der Waals surface area contributed by atoms with Crippen LogP contribution >= 0.6 is 0 Å². The molecule has 2 aromatic carbocycles. The Hall–Kier alpha value is -2.95. The fourth-order valence-corrected chi connectivity index (χ4v) is 3.66. The predicted octanol–water partition coefficient (Wildman–Crippen LogP) is 5.78. The summed E-state index contributed by atoms with van der Waals surface area (Å²) in [6, 6.07) is 13.3. The molecule has 0 aliphatic carbocycles. The zero-order chi connectivity index (χ0) is 21.3. The van der Waals surface area contributed by atoms with Crippen LogP contribution in [0.1, 0.15) is 89.4 Å². The topological polar surface area (TPSA) is 63.7 Å². The lowest BCUT2D eigenvalue weighted by molar-refractivity contribution is 0.0497. The van der Waals surface area contributed by atoms with E-state index in [9.17, 15) is 14.4 Å². The molecule has 0 fully saturated rings. The number of ether oxygens (including phenoxy) is 1. The SMILES string of the molecule is CCCCCCCCCCOC(=O)c1ccc2c(c1)C(=O)N(c1ccccc1)C2=O. The van der Waals surface area contributed by atoms with Gasteiger partial charge in [-0.05, 0) is 36.8 Å². The van der Waals surface area contributed by atoms with E-state index in [1.807, 2.05) is 6.07 Å². The largest absolute Gasteiger partial charge is 0.462 e. The highest BCUT2D eigenvalue weighted by Crippen LogP contribution is 2.29. The van der Waals surface area contributed by atoms with Crippen LogP contribution in [-0.2, 0) is 4.74 Å². The number of amides is 2. The Morgan fingerprint density at radius 1 is 0.800 bits per heavy atom. The summed E-state index contributed by atoms with van der Waals surface area (Å²) in [5.41, 5.74) is 1.36. The third-order valence-corrected chi connectivity index (χ3v) is 5.37. The van der Waals surface area contributed by atoms with Crippen LogP contribution in [0.5, 0.6) is 0 Å². The molecule has 2 aromatic rings. The van der Waals surface area contributed by atoms with Gasteiger partial charge in [0.2, 0.25) is 0 Å². The van der Waals surface area contributed by atoms with Crippen molar-refractivity contribution in [3.8, 4) is 0 Å². The Balaban J connectivity index is 1.51. The molecule has 5 heteroatoms. The summed E-state index contributed by atoms with van der Waals surface area (Å²) in [4.78, 5) is 38.9. The highest BCUT2D eigenvalue weighted by Gasteiger charge is 2.37. The number of imide groups is 1. The summed E-state index contributed by atoms with van der Waals surface area (Å²) in [7, 11) is 0. The summed E-state index contributed by atoms with van der Waals surface area (Å²) in [6.45, 7) is 2.58. The van der Waals surface area contributed by atoms with Crippen molar-refractivity contribution in [2.45, 2.75) is 58.3 Å². The molecule has 1 aliphatic rings. The third-order valence-electron chi connectivity index (χ3n) is 5.37. The zero-order valence-corrected chi connectivity index (χ0v) is 17.6. The van der Waals surface area contributed by atoms with Crippen LogP contribution in [0.15, 0.2) is 48.5 Å². The number of para-hydroxylation sites is 1. The van der Waals surface area contributed by atoms with Crippen LogP contribution in [0, 0.1) is 0 Å². The lowest BCUT2D eigenvalue weighted by Crippen LogP contribution is -2.29. The number of hydrogen-bond donors (Lipinski definition) is 0. The summed E-state index contributed by atoms with van der Waals surface area (Å²) in [6.07, 6.45) is 9.39. The van der Waals surface area contributed by atoms with E-state index < -0.39 is 11.9 Å². The average Bonchev–Trinajstić information content (AvgIpc) is 3.02. The van der Waals surface area contributed by atoms with Gasteiger partial charge in [-0.3, -0.25) is 9.59 Å². The minimum atomic E-state index is -0.459. The van der Waals surface area contributed by atoms with Gasteiger partial charge in [-0.1, -0.05) is 70.1 Å². The smallest absolute Gasteiger partial charge is 0.338 e. The summed E-state index contributed by atoms with van der Waals surface area (Å²) in [5.74, 6) is -1.25. The Morgan fingerprint density at radius 3 is 2.13 bits per heavy atom. The van der Waals surface area contributed by atoms with Gasteiger partial charge < -0.3 is 4.74 Å². The number of fused-ring (bicyclic) bond motifs is 1. The maximum Gasteiger partial charge on any atom is 0.338 e. The maximum absolute atomic E-state index is 12.8. The Morgan fingerprint density at radius 2 is 1.43 bits per heavy atom. The fourth-order valence-electron chi connectivity index (χ4n) is 3.66. The first kappa shape index (κ1) is 21.8. The first-order chi connectivity index (χ1) is 14.6. The van der Waals surface area contributed by atoms with Crippen molar-refractivity contribution in [2.75, 3.05) is 11.5 Å². The van der Waals surface area contributed by atoms with Crippen molar-refractivity contribution in [3.05, 3.63) is 65.2 Å². The Bertz CT molecular complexity index is 891. The lowest BCUT2D eigenvalue weighted by Gasteiger charge is -2.13. The Kier molecular flexibility index (Phi) is 7.77. The van der Waals surface area contributed by atoms with Gasteiger partial charge in [-0.15, -0.1) is 0 Å². The molecule has 0 radical (unpaired) electrons. The van der Waals surface area contributed by atoms with Crippen LogP contribution in [0.25, 0.3) is 0 Å². The van der Waals surface area contributed by atoms with Gasteiger partial charge in [0.1, 0.15) is 0 Å². The lowest BCUT2D eigenvalue weighted by atomic mass is 10.1. The molecule has 0 N–H and O–H groups in total. The molecule has 30 heavy (non-hydrogen) atoms. The van der Waals surface area contributed by atoms with E-state index in [2.05, 4.69) is 6.92 Å². The predicted molar refractivity (Wildman–Crippen MR) is 117 cm³/mol. The highest BCUT2D eigenvalue weighted by atomic mass is 16.5. The molecule has 0 saturated carbocycles. The molecule has 0 bridgehead atoms. The molecule has 3 rings (SSSR count). The molecular formula is C25H29NO4. The summed E-state index contributed by atoms with van der Waals surface area (Å²) >= 11 is 0. The average molecular weight is 408 g/mol. The van der Waals surface area contributed by atoms with E-state index in [1.54, 1.807) is 30.3 Å². The van der Waals surface area contributed by atoms with Crippen LogP contribution in [-0.4, -0.2) is 24.4 Å². The van der Waals surface area contributed by atoms with E-state index in [4.69, 9.17) is 4.74 Å². The molecule has 0 aromatic heterocycles. The second-order valence-electron chi connectivity index (χ2n) is 7.65. The standard InChI is InChI=1S/C25H29NO4/c1-2-3-4-5-6-7-8-12-17-30-25(29)19-15-16-21-22(18-19)24(28)26(23(21)27)20-13-10-9-11-14-20/h9-11,13-16,18H,2-8,12,17H2,1H3. The Labute approximate surface area is 178 Å². The van der Waals surface area contributed by atoms with Crippen LogP contribution in [0.4, 0.5) is 5.69 Å². The zero-order valence-electron chi connectivity index (χ0n) is 17.6. The number of unbranched alkanes of at least 4 members (excludes halogenated alkanes) is 7. The molecule has 0 atom stereocenters. The van der Waals surface area contributed by atoms with Crippen molar-refractivity contribution >= 4 is 23.5 Å². The molecule has 2 amide bonds. The second kappa shape index (κ2) is 10.7. The number of benzene rings is 2. The summed E-state index contributed by atoms with van der Waals surface area (Å²) in [5, 5.41) is 0. The number of hydrogen-bond acceptors (Lipinski definition) is 4. The summed E-state index contributed by atoms with van der Waals surface area (Å²) < 4.78 is 5.36. The number of nitrogens with zero attached hydrogens (tertiary/aromatic N) is 1. The fraction of sp³-hybridized carbons (Fsp3) is 0.400. The number of esters is 1. The first-order valence-electron chi connectivity index (χ1n) is 10.9. The van der Waals surface area contributed by atoms with Gasteiger partial charge in [-0.25, -0.2) is 9.69 Å². The highest BCUT2D eigenvalue weighted by molar-refractivity contribution is 6.34. The van der Waals surface area contributed by atoms with E-state index in [0.29, 0.717) is 23.4 Å². The normalized spacial score (nSPS) is 12.9. The van der Waals surface area contributed by atoms with Gasteiger partial charge >= 0.3 is 5.97 Å². The molecule has 0 unspecified atom stereocenters. The minimum absolute atomic E-state index is 0.241. The van der Waals surface area contributed by atoms with Crippen molar-refractivity contribution in [1.29, 1.82) is 0 Å². The first-order valence-corrected chi connectivity index (χ1v) is 10.9. The molecule has 158 valence electrons. The van der Waals surface area contributed by atoms with Crippen LogP contribution in [0.3, 0.4) is 0 Å². The van der Waals surface area contributed by atoms with Crippen LogP contribution < -0.4 is 4.90 Å². The molecule has 1 heterocycles. The quantitative estimate of drug-likeness (QED) is 0.269. The van der Waals surface area contributed by atoms with Crippen LogP contribution in [0.2, 0.25) is 0 Å². The van der Waals surface area contributed by atoms with E-state index >= 15 is 0 Å².